The molecule has 16 heavy (non-hydrogen) atoms. The van der Waals surface area contributed by atoms with E-state index in [4.69, 9.17) is 16.3 Å². The lowest BCUT2D eigenvalue weighted by Gasteiger charge is -2.30. The third kappa shape index (κ3) is 2.23. The number of halogens is 2. The number of ether oxygens (including phenoxy) is 1. The predicted molar refractivity (Wildman–Crippen MR) is 63.0 cm³/mol. The molecule has 0 aromatic heterocycles. The molecule has 2 rings (SSSR count). The Hall–Kier alpha value is -1.00. The molecule has 0 spiro atoms. The summed E-state index contributed by atoms with van der Waals surface area (Å²) >= 11 is 5.95. The first kappa shape index (κ1) is 11.5. The Morgan fingerprint density at radius 2 is 2.06 bits per heavy atom. The van der Waals surface area contributed by atoms with E-state index < -0.39 is 0 Å². The van der Waals surface area contributed by atoms with E-state index in [1.54, 1.807) is 7.11 Å². The summed E-state index contributed by atoms with van der Waals surface area (Å²) in [6.45, 7) is 3.43. The zero-order valence-corrected chi connectivity index (χ0v) is 9.85. The number of benzene rings is 1. The molecular formula is C11H14ClFN2O. The van der Waals surface area contributed by atoms with Gasteiger partial charge in [-0.2, -0.15) is 0 Å². The van der Waals surface area contributed by atoms with Crippen LogP contribution in [0.2, 0.25) is 5.02 Å². The molecule has 1 aliphatic heterocycles. The van der Waals surface area contributed by atoms with Gasteiger partial charge in [0.25, 0.3) is 0 Å². The first-order valence-electron chi connectivity index (χ1n) is 5.21. The number of methoxy groups -OCH3 is 1. The summed E-state index contributed by atoms with van der Waals surface area (Å²) in [5.41, 5.74) is 0.731. The molecule has 88 valence electrons. The molecule has 1 aromatic carbocycles. The summed E-state index contributed by atoms with van der Waals surface area (Å²) < 4.78 is 18.5. The van der Waals surface area contributed by atoms with Crippen LogP contribution in [0.3, 0.4) is 0 Å². The monoisotopic (exact) mass is 244 g/mol. The highest BCUT2D eigenvalue weighted by atomic mass is 35.5. The second-order valence-electron chi connectivity index (χ2n) is 3.68. The highest BCUT2D eigenvalue weighted by Gasteiger charge is 2.18. The van der Waals surface area contributed by atoms with Crippen LogP contribution < -0.4 is 15.0 Å². The third-order valence-corrected chi connectivity index (χ3v) is 2.93. The fourth-order valence-corrected chi connectivity index (χ4v) is 2.17. The summed E-state index contributed by atoms with van der Waals surface area (Å²) in [5, 5.41) is 3.56. The fraction of sp³-hybridized carbons (Fsp3) is 0.455. The number of rotatable bonds is 2. The molecule has 0 atom stereocenters. The Kier molecular flexibility index (Phi) is 3.51. The lowest BCUT2D eigenvalue weighted by Crippen LogP contribution is -2.43. The quantitative estimate of drug-likeness (QED) is 0.860. The van der Waals surface area contributed by atoms with Gasteiger partial charge in [0.15, 0.2) is 5.75 Å². The van der Waals surface area contributed by atoms with E-state index in [1.165, 1.54) is 12.1 Å². The molecule has 3 nitrogen and oxygen atoms in total. The Balaban J connectivity index is 2.36. The van der Waals surface area contributed by atoms with Crippen LogP contribution in [-0.2, 0) is 0 Å². The number of hydrogen-bond acceptors (Lipinski definition) is 3. The van der Waals surface area contributed by atoms with Gasteiger partial charge < -0.3 is 15.0 Å². The summed E-state index contributed by atoms with van der Waals surface area (Å²) in [6, 6.07) is 2.74. The maximum absolute atomic E-state index is 13.3. The molecule has 1 N–H and O–H groups in total. The van der Waals surface area contributed by atoms with Crippen LogP contribution in [0.15, 0.2) is 12.1 Å². The fourth-order valence-electron chi connectivity index (χ4n) is 1.89. The number of nitrogens with zero attached hydrogens (tertiary/aromatic N) is 1. The van der Waals surface area contributed by atoms with Crippen molar-refractivity contribution in [3.8, 4) is 5.75 Å². The molecule has 1 fully saturated rings. The maximum Gasteiger partial charge on any atom is 0.160 e. The topological polar surface area (TPSA) is 24.5 Å². The van der Waals surface area contributed by atoms with Gasteiger partial charge in [-0.3, -0.25) is 0 Å². The lowest BCUT2D eigenvalue weighted by molar-refractivity contribution is 0.412. The third-order valence-electron chi connectivity index (χ3n) is 2.65. The van der Waals surface area contributed by atoms with Gasteiger partial charge in [-0.1, -0.05) is 11.6 Å². The van der Waals surface area contributed by atoms with E-state index in [0.29, 0.717) is 10.8 Å². The van der Waals surface area contributed by atoms with Crippen LogP contribution in [0.25, 0.3) is 0 Å². The van der Waals surface area contributed by atoms with E-state index in [0.717, 1.165) is 31.9 Å². The van der Waals surface area contributed by atoms with Gasteiger partial charge >= 0.3 is 0 Å². The molecular weight excluding hydrogens is 231 g/mol. The molecule has 0 radical (unpaired) electrons. The van der Waals surface area contributed by atoms with Crippen molar-refractivity contribution in [3.63, 3.8) is 0 Å². The van der Waals surface area contributed by atoms with Gasteiger partial charge in [-0.05, 0) is 6.07 Å². The van der Waals surface area contributed by atoms with Gasteiger partial charge in [0.05, 0.1) is 17.8 Å². The van der Waals surface area contributed by atoms with E-state index in [1.807, 2.05) is 0 Å². The molecule has 1 saturated heterocycles. The van der Waals surface area contributed by atoms with Crippen molar-refractivity contribution in [2.45, 2.75) is 0 Å². The Morgan fingerprint density at radius 1 is 1.38 bits per heavy atom. The molecule has 1 aliphatic rings. The Morgan fingerprint density at radius 3 is 2.69 bits per heavy atom. The zero-order valence-electron chi connectivity index (χ0n) is 9.09. The minimum absolute atomic E-state index is 0.316. The second kappa shape index (κ2) is 4.89. The minimum atomic E-state index is -0.334. The molecule has 0 aliphatic carbocycles. The van der Waals surface area contributed by atoms with Gasteiger partial charge in [0.2, 0.25) is 0 Å². The van der Waals surface area contributed by atoms with Crippen LogP contribution in [-0.4, -0.2) is 33.3 Å². The summed E-state index contributed by atoms with van der Waals surface area (Å²) in [7, 11) is 1.55. The second-order valence-corrected chi connectivity index (χ2v) is 4.08. The van der Waals surface area contributed by atoms with Crippen LogP contribution >= 0.6 is 11.6 Å². The Labute approximate surface area is 99.1 Å². The summed E-state index contributed by atoms with van der Waals surface area (Å²) in [4.78, 5) is 2.07. The van der Waals surface area contributed by atoms with Crippen molar-refractivity contribution < 1.29 is 9.13 Å². The largest absolute Gasteiger partial charge is 0.493 e. The van der Waals surface area contributed by atoms with Crippen LogP contribution in [0.1, 0.15) is 0 Å². The van der Waals surface area contributed by atoms with Crippen molar-refractivity contribution >= 4 is 17.3 Å². The summed E-state index contributed by atoms with van der Waals surface area (Å²) in [6.07, 6.45) is 0. The number of hydrogen-bond donors (Lipinski definition) is 1. The van der Waals surface area contributed by atoms with Gasteiger partial charge in [-0.25, -0.2) is 4.39 Å². The molecule has 1 aromatic rings. The summed E-state index contributed by atoms with van der Waals surface area (Å²) in [5.74, 6) is 0.212. The zero-order chi connectivity index (χ0) is 11.5. The van der Waals surface area contributed by atoms with Crippen molar-refractivity contribution in [3.05, 3.63) is 23.0 Å². The standard InChI is InChI=1S/C11H14ClFN2O/c1-16-11-9(12)6-8(13)7-10(11)15-4-2-14-3-5-15/h6-7,14H,2-5H2,1H3. The van der Waals surface area contributed by atoms with Gasteiger partial charge in [0, 0.05) is 32.2 Å². The van der Waals surface area contributed by atoms with E-state index in [2.05, 4.69) is 10.2 Å². The molecule has 0 unspecified atom stereocenters. The minimum Gasteiger partial charge on any atom is -0.493 e. The highest BCUT2D eigenvalue weighted by Crippen LogP contribution is 2.36. The van der Waals surface area contributed by atoms with Crippen molar-refractivity contribution in [1.29, 1.82) is 0 Å². The molecule has 5 heteroatoms. The SMILES string of the molecule is COc1c(Cl)cc(F)cc1N1CCNCC1. The van der Waals surface area contributed by atoms with E-state index in [9.17, 15) is 4.39 Å². The first-order chi connectivity index (χ1) is 7.72. The molecule has 0 amide bonds. The molecule has 0 bridgehead atoms. The predicted octanol–water partition coefficient (Wildman–Crippen LogP) is 1.90. The van der Waals surface area contributed by atoms with E-state index in [-0.39, 0.29) is 5.82 Å². The lowest BCUT2D eigenvalue weighted by atomic mass is 10.2. The van der Waals surface area contributed by atoms with Gasteiger partial charge in [0.1, 0.15) is 5.82 Å². The normalized spacial score (nSPS) is 16.3. The number of nitrogens with one attached hydrogen (secondary N) is 1. The highest BCUT2D eigenvalue weighted by molar-refractivity contribution is 6.32. The van der Waals surface area contributed by atoms with Crippen molar-refractivity contribution in [2.24, 2.45) is 0 Å². The van der Waals surface area contributed by atoms with Gasteiger partial charge in [-0.15, -0.1) is 0 Å². The van der Waals surface area contributed by atoms with Crippen molar-refractivity contribution in [2.75, 3.05) is 38.2 Å². The van der Waals surface area contributed by atoms with Crippen LogP contribution in [0.5, 0.6) is 5.75 Å². The van der Waals surface area contributed by atoms with Crippen LogP contribution in [0.4, 0.5) is 10.1 Å². The number of piperazine rings is 1. The molecule has 1 heterocycles. The smallest absolute Gasteiger partial charge is 0.160 e. The molecule has 0 saturated carbocycles. The Bertz CT molecular complexity index is 380. The first-order valence-corrected chi connectivity index (χ1v) is 5.59. The maximum atomic E-state index is 13.3. The average Bonchev–Trinajstić information content (AvgIpc) is 2.29. The average molecular weight is 245 g/mol. The van der Waals surface area contributed by atoms with Crippen molar-refractivity contribution in [1.82, 2.24) is 5.32 Å². The number of anilines is 1. The van der Waals surface area contributed by atoms with E-state index >= 15 is 0 Å². The van der Waals surface area contributed by atoms with Crippen LogP contribution in [0, 0.1) is 5.82 Å².